The first-order valence-electron chi connectivity index (χ1n) is 9.85. The van der Waals surface area contributed by atoms with E-state index >= 15 is 0 Å². The summed E-state index contributed by atoms with van der Waals surface area (Å²) in [5.41, 5.74) is 0.658. The highest BCUT2D eigenvalue weighted by atomic mass is 32.2. The third-order valence-corrected chi connectivity index (χ3v) is 6.60. The second kappa shape index (κ2) is 9.35. The minimum Gasteiger partial charge on any atom is -0.493 e. The largest absolute Gasteiger partial charge is 0.493 e. The van der Waals surface area contributed by atoms with E-state index in [-0.39, 0.29) is 33.1 Å². The Hall–Kier alpha value is -3.97. The number of sulfone groups is 1. The Kier molecular flexibility index (Phi) is 6.45. The van der Waals surface area contributed by atoms with Crippen LogP contribution in [0, 0.1) is 5.41 Å². The summed E-state index contributed by atoms with van der Waals surface area (Å²) in [6.45, 7) is 0. The topological polar surface area (TPSA) is 148 Å². The lowest BCUT2D eigenvalue weighted by Crippen LogP contribution is -2.45. The maximum Gasteiger partial charge on any atom is 0.343 e. The number of ether oxygens (including phenoxy) is 3. The maximum absolute atomic E-state index is 12.5. The van der Waals surface area contributed by atoms with Gasteiger partial charge in [0.25, 0.3) is 5.91 Å². The van der Waals surface area contributed by atoms with E-state index in [9.17, 15) is 18.0 Å². The molecule has 0 unspecified atom stereocenters. The Morgan fingerprint density at radius 1 is 1.09 bits per heavy atom. The van der Waals surface area contributed by atoms with E-state index in [1.54, 1.807) is 24.3 Å². The van der Waals surface area contributed by atoms with E-state index in [1.807, 2.05) is 0 Å². The van der Waals surface area contributed by atoms with E-state index in [0.717, 1.165) is 23.1 Å². The van der Waals surface area contributed by atoms with Crippen LogP contribution in [0.3, 0.4) is 0 Å². The molecule has 0 saturated carbocycles. The minimum atomic E-state index is -3.74. The number of amidine groups is 3. The molecule has 0 atom stereocenters. The highest BCUT2D eigenvalue weighted by molar-refractivity contribution is 8.16. The van der Waals surface area contributed by atoms with Crippen LogP contribution in [0.15, 0.2) is 57.4 Å². The van der Waals surface area contributed by atoms with Gasteiger partial charge in [-0.3, -0.25) is 10.2 Å². The van der Waals surface area contributed by atoms with Crippen molar-refractivity contribution in [2.24, 2.45) is 9.39 Å². The number of fused-ring (bicyclic) bond motifs is 1. The number of aliphatic imine (C=N–C) groups is 1. The predicted octanol–water partition coefficient (Wildman–Crippen LogP) is 2.54. The lowest BCUT2D eigenvalue weighted by Gasteiger charge is -2.23. The third kappa shape index (κ3) is 4.81. The predicted molar refractivity (Wildman–Crippen MR) is 131 cm³/mol. The highest BCUT2D eigenvalue weighted by Crippen LogP contribution is 2.30. The van der Waals surface area contributed by atoms with Crippen LogP contribution < -0.4 is 14.2 Å². The van der Waals surface area contributed by atoms with Crippen molar-refractivity contribution in [2.75, 3.05) is 20.5 Å². The molecule has 0 spiro atoms. The molecule has 1 amide bonds. The maximum atomic E-state index is 12.5. The third-order valence-electron chi connectivity index (χ3n) is 4.85. The smallest absolute Gasteiger partial charge is 0.343 e. The number of nitrogens with zero attached hydrogens (tertiary/aromatic N) is 3. The fourth-order valence-electron chi connectivity index (χ4n) is 3.17. The second-order valence-corrected chi connectivity index (χ2v) is 9.85. The van der Waals surface area contributed by atoms with Gasteiger partial charge in [-0.2, -0.15) is 9.39 Å². The molecule has 2 aliphatic rings. The summed E-state index contributed by atoms with van der Waals surface area (Å²) in [4.78, 5) is 29.8. The van der Waals surface area contributed by atoms with Crippen LogP contribution in [0.5, 0.6) is 17.2 Å². The van der Waals surface area contributed by atoms with Gasteiger partial charge in [-0.15, -0.1) is 0 Å². The van der Waals surface area contributed by atoms with Crippen molar-refractivity contribution < 1.29 is 32.2 Å². The van der Waals surface area contributed by atoms with Crippen molar-refractivity contribution in [3.05, 3.63) is 59.2 Å². The van der Waals surface area contributed by atoms with E-state index in [4.69, 9.17) is 19.6 Å². The second-order valence-electron chi connectivity index (χ2n) is 7.21. The van der Waals surface area contributed by atoms with Crippen LogP contribution in [0.25, 0.3) is 6.08 Å². The Labute approximate surface area is 204 Å². The summed E-state index contributed by atoms with van der Waals surface area (Å²) >= 11 is 0.720. The number of rotatable bonds is 5. The van der Waals surface area contributed by atoms with Gasteiger partial charge in [-0.05, 0) is 42.0 Å². The van der Waals surface area contributed by atoms with E-state index in [1.165, 1.54) is 38.5 Å². The Bertz CT molecular complexity index is 1440. The lowest BCUT2D eigenvalue weighted by atomic mass is 10.1. The van der Waals surface area contributed by atoms with Gasteiger partial charge in [0.15, 0.2) is 11.5 Å². The Morgan fingerprint density at radius 2 is 1.77 bits per heavy atom. The zero-order chi connectivity index (χ0) is 25.3. The van der Waals surface area contributed by atoms with Crippen LogP contribution in [-0.4, -0.2) is 61.8 Å². The standard InChI is InChI=1S/C22H18N4O7S2/c1-31-16-9-6-13(11-17(16)32-2)20(28)33-14-7-4-12(5-8-14)10-15-18(23)26-21(24-19(15)27)34-25-22(26)35(3,29)30/h4-11,23H,1-3H3/b15-10-,23-18?. The quantitative estimate of drug-likeness (QED) is 0.275. The number of amides is 1. The molecule has 11 nitrogen and oxygen atoms in total. The molecule has 0 fully saturated rings. The molecule has 0 bridgehead atoms. The monoisotopic (exact) mass is 514 g/mol. The van der Waals surface area contributed by atoms with Crippen molar-refractivity contribution in [1.82, 2.24) is 4.90 Å². The molecular formula is C22H18N4O7S2. The molecule has 2 aromatic carbocycles. The number of esters is 1. The number of nitrogens with one attached hydrogen (secondary N) is 1. The molecule has 1 N–H and O–H groups in total. The van der Waals surface area contributed by atoms with Gasteiger partial charge in [-0.1, -0.05) is 12.1 Å². The van der Waals surface area contributed by atoms with Crippen LogP contribution in [0.2, 0.25) is 0 Å². The van der Waals surface area contributed by atoms with Crippen LogP contribution in [0.4, 0.5) is 0 Å². The van der Waals surface area contributed by atoms with Crippen LogP contribution in [-0.2, 0) is 14.6 Å². The first-order chi connectivity index (χ1) is 16.6. The van der Waals surface area contributed by atoms with Gasteiger partial charge in [0.1, 0.15) is 11.6 Å². The zero-order valence-corrected chi connectivity index (χ0v) is 20.3. The number of benzene rings is 2. The summed E-state index contributed by atoms with van der Waals surface area (Å²) in [5, 5.41) is 8.01. The van der Waals surface area contributed by atoms with Crippen molar-refractivity contribution in [1.29, 1.82) is 5.41 Å². The molecule has 0 aliphatic carbocycles. The number of methoxy groups -OCH3 is 2. The minimum absolute atomic E-state index is 0.00926. The van der Waals surface area contributed by atoms with Crippen molar-refractivity contribution in [2.45, 2.75) is 0 Å². The molecule has 35 heavy (non-hydrogen) atoms. The summed E-state index contributed by atoms with van der Waals surface area (Å²) in [5.74, 6) is -0.541. The van der Waals surface area contributed by atoms with E-state index < -0.39 is 21.7 Å². The molecule has 2 aliphatic heterocycles. The number of carbonyl (C=O) groups is 2. The zero-order valence-electron chi connectivity index (χ0n) is 18.6. The average Bonchev–Trinajstić information content (AvgIpc) is 3.27. The fraction of sp³-hybridized carbons (Fsp3) is 0.136. The average molecular weight is 515 g/mol. The van der Waals surface area contributed by atoms with Gasteiger partial charge in [0.05, 0.1) is 37.3 Å². The molecule has 13 heteroatoms. The van der Waals surface area contributed by atoms with E-state index in [2.05, 4.69) is 9.39 Å². The van der Waals surface area contributed by atoms with Gasteiger partial charge >= 0.3 is 5.97 Å². The molecule has 0 aromatic heterocycles. The van der Waals surface area contributed by atoms with E-state index in [0.29, 0.717) is 17.1 Å². The first-order valence-corrected chi connectivity index (χ1v) is 12.5. The molecule has 0 saturated heterocycles. The van der Waals surface area contributed by atoms with Gasteiger partial charge in [0, 0.05) is 6.26 Å². The molecule has 2 heterocycles. The molecule has 2 aromatic rings. The highest BCUT2D eigenvalue weighted by Gasteiger charge is 2.41. The normalized spacial score (nSPS) is 16.5. The first kappa shape index (κ1) is 24.2. The van der Waals surface area contributed by atoms with Crippen LogP contribution >= 0.6 is 11.9 Å². The molecule has 0 radical (unpaired) electrons. The van der Waals surface area contributed by atoms with Crippen molar-refractivity contribution in [3.63, 3.8) is 0 Å². The van der Waals surface area contributed by atoms with Crippen LogP contribution in [0.1, 0.15) is 15.9 Å². The number of hydrogen-bond acceptors (Lipinski definition) is 10. The van der Waals surface area contributed by atoms with Crippen molar-refractivity contribution >= 4 is 55.9 Å². The summed E-state index contributed by atoms with van der Waals surface area (Å²) in [6.07, 6.45) is 2.36. The van der Waals surface area contributed by atoms with Crippen molar-refractivity contribution in [3.8, 4) is 17.2 Å². The van der Waals surface area contributed by atoms with Gasteiger partial charge in [0.2, 0.25) is 20.2 Å². The summed E-state index contributed by atoms with van der Waals surface area (Å²) in [6, 6.07) is 10.8. The van der Waals surface area contributed by atoms with Gasteiger partial charge < -0.3 is 14.2 Å². The lowest BCUT2D eigenvalue weighted by molar-refractivity contribution is -0.114. The molecular weight excluding hydrogens is 496 g/mol. The molecule has 180 valence electrons. The fourth-order valence-corrected chi connectivity index (χ4v) is 5.01. The molecule has 4 rings (SSSR count). The number of hydrogen-bond donors (Lipinski definition) is 1. The van der Waals surface area contributed by atoms with Gasteiger partial charge in [-0.25, -0.2) is 18.1 Å². The summed E-state index contributed by atoms with van der Waals surface area (Å²) in [7, 11) is -0.789. The Balaban J connectivity index is 1.53. The number of carbonyl (C=O) groups excluding carboxylic acids is 2. The summed E-state index contributed by atoms with van der Waals surface area (Å²) < 4.78 is 43.5. The Morgan fingerprint density at radius 3 is 2.40 bits per heavy atom. The SMILES string of the molecule is COc1ccc(C(=O)Oc2ccc(/C=C3/C(=N)N4C(=NC3=O)SN=C4S(C)(=O)=O)cc2)cc1OC.